The van der Waals surface area contributed by atoms with Gasteiger partial charge in [0, 0.05) is 69.0 Å². The molecular formula is C41H47Cl2F6Mn2N8O4P. The monoisotopic (exact) mass is 1040 g/mol. The maximum absolute atomic E-state index is 12.8. The molecule has 0 fully saturated rings. The summed E-state index contributed by atoms with van der Waals surface area (Å²) in [5.74, 6) is -1.32. The number of aromatic nitrogens is 2. The molecule has 12 nitrogen and oxygen atoms in total. The summed E-state index contributed by atoms with van der Waals surface area (Å²) in [6.07, 6.45) is 9.75. The molecule has 0 aliphatic carbocycles. The van der Waals surface area contributed by atoms with Crippen molar-refractivity contribution in [1.82, 2.24) is 19.8 Å². The van der Waals surface area contributed by atoms with Gasteiger partial charge < -0.3 is 29.9 Å². The topological polar surface area (TPSA) is 168 Å². The normalized spacial score (nSPS) is 15.0. The van der Waals surface area contributed by atoms with Crippen LogP contribution >= 0.6 is 31.0 Å². The van der Waals surface area contributed by atoms with E-state index in [1.54, 1.807) is 31.1 Å². The van der Waals surface area contributed by atoms with Crippen molar-refractivity contribution in [3.63, 3.8) is 0 Å². The molecule has 4 aromatic rings. The number of benzene rings is 2. The van der Waals surface area contributed by atoms with E-state index >= 15 is 0 Å². The van der Waals surface area contributed by atoms with Crippen molar-refractivity contribution in [2.24, 2.45) is 20.0 Å². The minimum absolute atomic E-state index is 0. The molecule has 0 N–H and O–H groups in total. The molecule has 23 heteroatoms. The molecule has 0 atom stereocenters. The van der Waals surface area contributed by atoms with Gasteiger partial charge in [-0.05, 0) is 98.1 Å². The molecule has 0 unspecified atom stereocenters. The second-order valence-corrected chi connectivity index (χ2v) is 16.5. The Morgan fingerprint density at radius 2 is 0.891 bits per heavy atom. The fraction of sp³-hybridized carbons (Fsp3) is 0.341. The van der Waals surface area contributed by atoms with E-state index < -0.39 is 13.8 Å². The number of aliphatic imine (C=N–C) groups is 4. The smallest absolute Gasteiger partial charge is 2.00 e. The number of carbonyl (C=O) groups excluding carboxylic acids is 1. The number of aryl methyl sites for hydroxylation is 3. The number of pyridine rings is 2. The summed E-state index contributed by atoms with van der Waals surface area (Å²) < 4.78 is 59.2. The fourth-order valence-electron chi connectivity index (χ4n) is 5.21. The van der Waals surface area contributed by atoms with Gasteiger partial charge in [0.2, 0.25) is 0 Å². The zero-order valence-corrected chi connectivity index (χ0v) is 40.2. The minimum atomic E-state index is -10.7. The molecular weight excluding hydrogens is 994 g/mol. The van der Waals surface area contributed by atoms with Crippen LogP contribution in [0.5, 0.6) is 11.5 Å². The zero-order chi connectivity index (χ0) is 46.6. The van der Waals surface area contributed by atoms with Crippen molar-refractivity contribution in [3.05, 3.63) is 105 Å². The summed E-state index contributed by atoms with van der Waals surface area (Å²) in [5.41, 5.74) is 6.68. The molecule has 2 radical (unpaired) electrons. The summed E-state index contributed by atoms with van der Waals surface area (Å²) in [6.45, 7) is 11.2. The third-order valence-electron chi connectivity index (χ3n) is 8.12. The molecule has 0 amide bonds. The number of hydrogen-bond acceptors (Lipinski definition) is 12. The van der Waals surface area contributed by atoms with E-state index in [-0.39, 0.29) is 56.5 Å². The van der Waals surface area contributed by atoms with E-state index in [9.17, 15) is 45.3 Å². The predicted molar refractivity (Wildman–Crippen MR) is 233 cm³/mol. The van der Waals surface area contributed by atoms with Crippen LogP contribution in [0.25, 0.3) is 11.4 Å². The first-order chi connectivity index (χ1) is 28.9. The molecule has 0 saturated carbocycles. The Kier molecular flexibility index (Phi) is 25.8. The predicted octanol–water partition coefficient (Wildman–Crippen LogP) is 7.32. The number of halogens is 8. The molecule has 3 heterocycles. The number of rotatable bonds is 2. The second-order valence-electron chi connectivity index (χ2n) is 13.8. The van der Waals surface area contributed by atoms with E-state index in [2.05, 4.69) is 39.7 Å². The van der Waals surface area contributed by atoms with Gasteiger partial charge in [-0.2, -0.15) is 0 Å². The van der Waals surface area contributed by atoms with Crippen molar-refractivity contribution in [2.75, 3.05) is 71.8 Å². The van der Waals surface area contributed by atoms with E-state index in [0.29, 0.717) is 59.8 Å². The van der Waals surface area contributed by atoms with Crippen molar-refractivity contribution in [1.29, 1.82) is 0 Å². The van der Waals surface area contributed by atoms with Gasteiger partial charge in [0.05, 0.1) is 48.9 Å². The number of carboxylic acid groups (broad SMARTS) is 1. The van der Waals surface area contributed by atoms with Crippen LogP contribution in [0, 0.1) is 20.8 Å². The average Bonchev–Trinajstić information content (AvgIpc) is 3.17. The van der Waals surface area contributed by atoms with Crippen LogP contribution in [0.3, 0.4) is 0 Å². The number of alkyl halides is 2. The number of hydrogen-bond donors (Lipinski definition) is 0. The van der Waals surface area contributed by atoms with E-state index in [4.69, 9.17) is 23.2 Å². The summed E-state index contributed by atoms with van der Waals surface area (Å²) in [4.78, 5) is 41.0. The number of likely N-dealkylation sites (N-methyl/N-ethyl adjacent to an activating group) is 2. The molecule has 1 aliphatic heterocycles. The molecule has 0 spiro atoms. The largest absolute Gasteiger partial charge is 2.00 e. The maximum Gasteiger partial charge on any atom is 2.00 e. The molecule has 2 aromatic carbocycles. The minimum Gasteiger partial charge on any atom is 2.00 e. The van der Waals surface area contributed by atoms with E-state index in [1.165, 1.54) is 18.3 Å². The van der Waals surface area contributed by atoms with Crippen molar-refractivity contribution >= 4 is 61.8 Å². The Balaban J connectivity index is 0.00000117. The van der Waals surface area contributed by atoms with Crippen LogP contribution in [-0.4, -0.2) is 122 Å². The Hall–Kier alpha value is -3.96. The first kappa shape index (κ1) is 60.0. The van der Waals surface area contributed by atoms with Crippen molar-refractivity contribution in [3.8, 4) is 22.9 Å². The van der Waals surface area contributed by atoms with Crippen LogP contribution in [0.15, 0.2) is 80.9 Å². The first-order valence-electron chi connectivity index (χ1n) is 18.6. The van der Waals surface area contributed by atoms with Crippen LogP contribution in [-0.2, 0) is 34.1 Å². The standard InChI is InChI=1S/C28H38N6O2.C12H10N2O2.CH2Cl2.F6P.2Mn/c1-21-13-23-17-29-5-9-33(3)11-7-31-19-25-15-22(2)16-26(28(25)36)20-32-8-12-34(4)10-6-30-18-24(14-21)27(23)35;1-8-2-4-13-10(6-8)11-7-9(12(15)16)3-5-14-11;2-1-3;1-7(2,3,4,5)6;;/h13-20,35-36H,5-12H2,1-4H3;2-7H,1H3,(H,15,16);1H2;;;/q;;;-1;2*+2/p-3. The van der Waals surface area contributed by atoms with Gasteiger partial charge in [0.25, 0.3) is 0 Å². The molecule has 5 rings (SSSR count). The van der Waals surface area contributed by atoms with E-state index in [1.807, 2.05) is 71.3 Å². The van der Waals surface area contributed by atoms with Crippen LogP contribution in [0.4, 0.5) is 25.2 Å². The van der Waals surface area contributed by atoms with Gasteiger partial charge in [-0.1, -0.05) is 35.8 Å². The van der Waals surface area contributed by atoms with E-state index in [0.717, 1.165) is 42.9 Å². The Morgan fingerprint density at radius 1 is 0.594 bits per heavy atom. The summed E-state index contributed by atoms with van der Waals surface area (Å²) in [6, 6.07) is 14.0. The van der Waals surface area contributed by atoms with Crippen LogP contribution in [0.2, 0.25) is 0 Å². The Morgan fingerprint density at radius 3 is 1.19 bits per heavy atom. The van der Waals surface area contributed by atoms with Gasteiger partial charge in [0.1, 0.15) is 0 Å². The summed E-state index contributed by atoms with van der Waals surface area (Å²) in [7, 11) is -6.64. The molecule has 350 valence electrons. The average molecular weight is 1040 g/mol. The summed E-state index contributed by atoms with van der Waals surface area (Å²) >= 11 is 9.53. The molecule has 4 bridgehead atoms. The molecule has 1 aliphatic rings. The van der Waals surface area contributed by atoms with Gasteiger partial charge in [-0.3, -0.25) is 29.9 Å². The SMILES string of the molecule is Cc1cc2c([O-])c(c1)C=NCCN(C)CCN=Cc1cc(C)cc(c1[O-])C=NCCN(C)CCN=C2.Cc1ccnc(-c2cc(C(=O)[O-])ccn2)c1.ClCCl.F[P-](F)(F)(F)(F)F.[Mn+2].[Mn+2]. The van der Waals surface area contributed by atoms with Crippen molar-refractivity contribution in [2.45, 2.75) is 20.8 Å². The summed E-state index contributed by atoms with van der Waals surface area (Å²) in [5, 5.41) is 36.5. The van der Waals surface area contributed by atoms with Gasteiger partial charge in [0.15, 0.2) is 0 Å². The van der Waals surface area contributed by atoms with Crippen molar-refractivity contribution < 1.29 is 79.4 Å². The number of nitrogens with zero attached hydrogens (tertiary/aromatic N) is 8. The number of aromatic carboxylic acids is 1. The third kappa shape index (κ3) is 26.7. The number of fused-ring (bicyclic) bond motifs is 4. The van der Waals surface area contributed by atoms with Crippen LogP contribution < -0.4 is 15.3 Å². The third-order valence-corrected chi connectivity index (χ3v) is 8.12. The Labute approximate surface area is 399 Å². The molecule has 2 aromatic heterocycles. The number of carboxylic acids is 1. The Bertz CT molecular complexity index is 2050. The number of carbonyl (C=O) groups is 1. The van der Waals surface area contributed by atoms with Gasteiger partial charge >= 0.3 is 67.1 Å². The fourth-order valence-corrected chi connectivity index (χ4v) is 5.21. The zero-order valence-electron chi connectivity index (χ0n) is 35.4. The second kappa shape index (κ2) is 27.5. The first-order valence-corrected chi connectivity index (χ1v) is 21.7. The quantitative estimate of drug-likeness (QED) is 0.0872. The molecule has 0 saturated heterocycles. The molecule has 64 heavy (non-hydrogen) atoms. The van der Waals surface area contributed by atoms with Gasteiger partial charge in [-0.25, -0.2) is 0 Å². The van der Waals surface area contributed by atoms with Crippen LogP contribution in [0.1, 0.15) is 49.3 Å². The maximum atomic E-state index is 12.8. The van der Waals surface area contributed by atoms with Gasteiger partial charge in [-0.15, -0.1) is 23.2 Å².